The second-order valence-electron chi connectivity index (χ2n) is 5.56. The second-order valence-corrected chi connectivity index (χ2v) is 5.56. The molecule has 1 aromatic rings. The zero-order valence-corrected chi connectivity index (χ0v) is 12.6. The van der Waals surface area contributed by atoms with Gasteiger partial charge in [0.05, 0.1) is 19.3 Å². The molecule has 0 radical (unpaired) electrons. The summed E-state index contributed by atoms with van der Waals surface area (Å²) in [5.41, 5.74) is 2.62. The Morgan fingerprint density at radius 2 is 1.84 bits per heavy atom. The van der Waals surface area contributed by atoms with E-state index in [1.54, 1.807) is 0 Å². The number of aliphatic hydroxyl groups excluding tert-OH is 1. The molecule has 0 saturated carbocycles. The van der Waals surface area contributed by atoms with E-state index in [2.05, 4.69) is 45.0 Å². The summed E-state index contributed by atoms with van der Waals surface area (Å²) in [6.07, 6.45) is 4.60. The lowest BCUT2D eigenvalue weighted by Gasteiger charge is -2.18. The number of rotatable bonds is 9. The third-order valence-corrected chi connectivity index (χ3v) is 3.23. The molecule has 1 unspecified atom stereocenters. The van der Waals surface area contributed by atoms with Crippen LogP contribution in [0.1, 0.15) is 57.3 Å². The summed E-state index contributed by atoms with van der Waals surface area (Å²) in [7, 11) is 0. The molecule has 1 N–H and O–H groups in total. The average molecular weight is 264 g/mol. The van der Waals surface area contributed by atoms with E-state index in [-0.39, 0.29) is 12.7 Å². The molecule has 0 fully saturated rings. The van der Waals surface area contributed by atoms with Gasteiger partial charge in [0.2, 0.25) is 0 Å². The molecule has 0 aromatic heterocycles. The lowest BCUT2D eigenvalue weighted by molar-refractivity contribution is 0.0218. The highest BCUT2D eigenvalue weighted by molar-refractivity contribution is 5.24. The van der Waals surface area contributed by atoms with Crippen molar-refractivity contribution in [1.29, 1.82) is 0 Å². The van der Waals surface area contributed by atoms with Gasteiger partial charge in [-0.05, 0) is 29.9 Å². The van der Waals surface area contributed by atoms with E-state index in [0.29, 0.717) is 12.5 Å². The quantitative estimate of drug-likeness (QED) is 0.727. The van der Waals surface area contributed by atoms with E-state index in [1.165, 1.54) is 17.5 Å². The van der Waals surface area contributed by atoms with Gasteiger partial charge in [0.1, 0.15) is 0 Å². The van der Waals surface area contributed by atoms with E-state index in [0.717, 1.165) is 19.3 Å². The number of unbranched alkanes of at least 4 members (excludes halogenated alkanes) is 1. The Hall–Kier alpha value is -0.860. The fourth-order valence-corrected chi connectivity index (χ4v) is 2.27. The van der Waals surface area contributed by atoms with Crippen LogP contribution in [0, 0.1) is 5.92 Å². The topological polar surface area (TPSA) is 29.5 Å². The maximum Gasteiger partial charge on any atom is 0.0826 e. The second kappa shape index (κ2) is 9.11. The highest BCUT2D eigenvalue weighted by Crippen LogP contribution is 2.24. The predicted molar refractivity (Wildman–Crippen MR) is 80.3 cm³/mol. The maximum atomic E-state index is 8.91. The fraction of sp³-hybridized carbons (Fsp3) is 0.647. The van der Waals surface area contributed by atoms with Crippen LogP contribution < -0.4 is 0 Å². The Labute approximate surface area is 117 Å². The van der Waals surface area contributed by atoms with Crippen molar-refractivity contribution in [2.45, 2.75) is 52.6 Å². The minimum atomic E-state index is 0.0913. The van der Waals surface area contributed by atoms with Gasteiger partial charge in [-0.2, -0.15) is 0 Å². The summed E-state index contributed by atoms with van der Waals surface area (Å²) in [6, 6.07) is 8.76. The van der Waals surface area contributed by atoms with Crippen molar-refractivity contribution < 1.29 is 9.84 Å². The molecule has 0 heterocycles. The minimum absolute atomic E-state index is 0.0913. The molecule has 0 amide bonds. The first kappa shape index (κ1) is 16.2. The highest BCUT2D eigenvalue weighted by Gasteiger charge is 2.11. The molecule has 19 heavy (non-hydrogen) atoms. The molecule has 2 nitrogen and oxygen atoms in total. The van der Waals surface area contributed by atoms with Gasteiger partial charge in [0.25, 0.3) is 0 Å². The normalized spacial score (nSPS) is 12.9. The largest absolute Gasteiger partial charge is 0.394 e. The van der Waals surface area contributed by atoms with Crippen LogP contribution in [0.4, 0.5) is 0 Å². The molecule has 0 bridgehead atoms. The Bertz CT molecular complexity index is 322. The first-order chi connectivity index (χ1) is 9.17. The number of hydrogen-bond acceptors (Lipinski definition) is 2. The van der Waals surface area contributed by atoms with Gasteiger partial charge in [-0.3, -0.25) is 0 Å². The van der Waals surface area contributed by atoms with Crippen molar-refractivity contribution in [2.75, 3.05) is 13.2 Å². The molecule has 108 valence electrons. The van der Waals surface area contributed by atoms with E-state index in [1.807, 2.05) is 0 Å². The smallest absolute Gasteiger partial charge is 0.0826 e. The summed E-state index contributed by atoms with van der Waals surface area (Å²) >= 11 is 0. The molecule has 1 aromatic carbocycles. The number of ether oxygens (including phenoxy) is 1. The Balaban J connectivity index is 2.66. The van der Waals surface area contributed by atoms with Crippen molar-refractivity contribution in [2.24, 2.45) is 5.92 Å². The van der Waals surface area contributed by atoms with Crippen molar-refractivity contribution in [3.8, 4) is 0 Å². The molecule has 2 heteroatoms. The van der Waals surface area contributed by atoms with Crippen molar-refractivity contribution in [1.82, 2.24) is 0 Å². The van der Waals surface area contributed by atoms with Gasteiger partial charge >= 0.3 is 0 Å². The maximum absolute atomic E-state index is 8.91. The van der Waals surface area contributed by atoms with Crippen LogP contribution in [0.5, 0.6) is 0 Å². The molecular formula is C17H28O2. The number of aliphatic hydroxyl groups is 1. The van der Waals surface area contributed by atoms with E-state index in [4.69, 9.17) is 9.84 Å². The summed E-state index contributed by atoms with van der Waals surface area (Å²) in [5, 5.41) is 8.91. The summed E-state index contributed by atoms with van der Waals surface area (Å²) in [4.78, 5) is 0. The summed E-state index contributed by atoms with van der Waals surface area (Å²) < 4.78 is 5.75. The number of benzene rings is 1. The van der Waals surface area contributed by atoms with Crippen LogP contribution in [0.2, 0.25) is 0 Å². The van der Waals surface area contributed by atoms with Crippen LogP contribution in [0.15, 0.2) is 24.3 Å². The van der Waals surface area contributed by atoms with E-state index >= 15 is 0 Å². The van der Waals surface area contributed by atoms with Gasteiger partial charge < -0.3 is 9.84 Å². The first-order valence-corrected chi connectivity index (χ1v) is 7.48. The fourth-order valence-electron chi connectivity index (χ4n) is 2.27. The Morgan fingerprint density at radius 1 is 1.16 bits per heavy atom. The van der Waals surface area contributed by atoms with Gasteiger partial charge in [0.15, 0.2) is 0 Å². The molecule has 1 rings (SSSR count). The summed E-state index contributed by atoms with van der Waals surface area (Å²) in [5.74, 6) is 0.687. The molecular weight excluding hydrogens is 236 g/mol. The Morgan fingerprint density at radius 3 is 2.37 bits per heavy atom. The molecule has 0 saturated heterocycles. The molecule has 0 aliphatic carbocycles. The van der Waals surface area contributed by atoms with Gasteiger partial charge in [-0.25, -0.2) is 0 Å². The lowest BCUT2D eigenvalue weighted by Crippen LogP contribution is -2.08. The van der Waals surface area contributed by atoms with E-state index < -0.39 is 0 Å². The van der Waals surface area contributed by atoms with Crippen molar-refractivity contribution >= 4 is 0 Å². The molecule has 0 spiro atoms. The van der Waals surface area contributed by atoms with Crippen molar-refractivity contribution in [3.05, 3.63) is 35.4 Å². The predicted octanol–water partition coefficient (Wildman–Crippen LogP) is 4.13. The monoisotopic (exact) mass is 264 g/mol. The first-order valence-electron chi connectivity index (χ1n) is 7.48. The summed E-state index contributed by atoms with van der Waals surface area (Å²) in [6.45, 7) is 7.18. The molecule has 1 atom stereocenters. The van der Waals surface area contributed by atoms with Gasteiger partial charge in [-0.1, -0.05) is 57.9 Å². The van der Waals surface area contributed by atoms with Gasteiger partial charge in [-0.15, -0.1) is 0 Å². The zero-order chi connectivity index (χ0) is 14.1. The van der Waals surface area contributed by atoms with Crippen LogP contribution in [0.3, 0.4) is 0 Å². The van der Waals surface area contributed by atoms with Crippen LogP contribution in [-0.2, 0) is 11.2 Å². The van der Waals surface area contributed by atoms with Crippen molar-refractivity contribution in [3.63, 3.8) is 0 Å². The molecule has 0 aliphatic rings. The molecule has 0 aliphatic heterocycles. The zero-order valence-electron chi connectivity index (χ0n) is 12.6. The average Bonchev–Trinajstić information content (AvgIpc) is 2.39. The van der Waals surface area contributed by atoms with E-state index in [9.17, 15) is 0 Å². The SMILES string of the molecule is CCCCC(OCCO)c1ccc(CC(C)C)cc1. The van der Waals surface area contributed by atoms with Gasteiger partial charge in [0, 0.05) is 0 Å². The van der Waals surface area contributed by atoms with Crippen LogP contribution in [0.25, 0.3) is 0 Å². The third kappa shape index (κ3) is 6.22. The highest BCUT2D eigenvalue weighted by atomic mass is 16.5. The standard InChI is InChI=1S/C17H28O2/c1-4-5-6-17(19-12-11-18)16-9-7-15(8-10-16)13-14(2)3/h7-10,14,17-18H,4-6,11-13H2,1-3H3. The Kier molecular flexibility index (Phi) is 7.76. The lowest BCUT2D eigenvalue weighted by atomic mass is 9.98. The minimum Gasteiger partial charge on any atom is -0.394 e. The van der Waals surface area contributed by atoms with Crippen LogP contribution >= 0.6 is 0 Å². The number of hydrogen-bond donors (Lipinski definition) is 1. The van der Waals surface area contributed by atoms with Crippen LogP contribution in [-0.4, -0.2) is 18.3 Å². The third-order valence-electron chi connectivity index (χ3n) is 3.23.